The van der Waals surface area contributed by atoms with Crippen LogP contribution in [-0.2, 0) is 0 Å². The molecule has 1 aromatic rings. The van der Waals surface area contributed by atoms with Crippen LogP contribution >= 0.6 is 0 Å². The third kappa shape index (κ3) is 5.06. The largest absolute Gasteiger partial charge is 0.357 e. The Balaban J connectivity index is 1.40. The molecule has 0 unspecified atom stereocenters. The predicted octanol–water partition coefficient (Wildman–Crippen LogP) is 0.316. The Morgan fingerprint density at radius 3 is 2.61 bits per heavy atom. The highest BCUT2D eigenvalue weighted by molar-refractivity contribution is 5.80. The Kier molecular flexibility index (Phi) is 5.63. The average molecular weight is 317 g/mol. The van der Waals surface area contributed by atoms with Gasteiger partial charge in [0, 0.05) is 57.7 Å². The number of piperazine rings is 1. The maximum Gasteiger partial charge on any atom is 0.225 e. The van der Waals surface area contributed by atoms with E-state index in [4.69, 9.17) is 0 Å². The second-order valence-corrected chi connectivity index (χ2v) is 6.06. The van der Waals surface area contributed by atoms with Crippen LogP contribution in [-0.4, -0.2) is 72.7 Å². The number of rotatable bonds is 6. The zero-order valence-electron chi connectivity index (χ0n) is 13.9. The molecule has 1 aliphatic heterocycles. The number of nitrogens with one attached hydrogen (secondary N) is 2. The highest BCUT2D eigenvalue weighted by Crippen LogP contribution is 2.18. The van der Waals surface area contributed by atoms with Crippen molar-refractivity contribution >= 4 is 11.9 Å². The Hall–Kier alpha value is -1.89. The fourth-order valence-electron chi connectivity index (χ4n) is 2.67. The van der Waals surface area contributed by atoms with Crippen LogP contribution in [0.25, 0.3) is 0 Å². The highest BCUT2D eigenvalue weighted by atomic mass is 15.3. The predicted molar refractivity (Wildman–Crippen MR) is 92.8 cm³/mol. The van der Waals surface area contributed by atoms with Crippen molar-refractivity contribution < 1.29 is 0 Å². The van der Waals surface area contributed by atoms with E-state index in [0.717, 1.165) is 57.7 Å². The van der Waals surface area contributed by atoms with Crippen LogP contribution in [0.15, 0.2) is 23.5 Å². The summed E-state index contributed by atoms with van der Waals surface area (Å²) in [6.45, 7) is 8.90. The molecule has 0 bridgehead atoms. The van der Waals surface area contributed by atoms with E-state index < -0.39 is 0 Å². The van der Waals surface area contributed by atoms with Crippen molar-refractivity contribution in [2.75, 3.05) is 50.7 Å². The third-order valence-corrected chi connectivity index (χ3v) is 4.16. The van der Waals surface area contributed by atoms with Gasteiger partial charge in [0.25, 0.3) is 0 Å². The lowest BCUT2D eigenvalue weighted by Crippen LogP contribution is -2.48. The molecule has 2 N–H and O–H groups in total. The number of guanidine groups is 1. The van der Waals surface area contributed by atoms with Crippen molar-refractivity contribution in [3.63, 3.8) is 0 Å². The summed E-state index contributed by atoms with van der Waals surface area (Å²) >= 11 is 0. The number of anilines is 1. The normalized spacial score (nSPS) is 19.7. The zero-order chi connectivity index (χ0) is 15.9. The number of nitrogens with zero attached hydrogens (tertiary/aromatic N) is 5. The van der Waals surface area contributed by atoms with Gasteiger partial charge >= 0.3 is 0 Å². The molecule has 1 saturated carbocycles. The number of aliphatic imine (C=N–C) groups is 1. The first kappa shape index (κ1) is 16.0. The summed E-state index contributed by atoms with van der Waals surface area (Å²) < 4.78 is 0. The summed E-state index contributed by atoms with van der Waals surface area (Å²) in [7, 11) is 0. The lowest BCUT2D eigenvalue weighted by Gasteiger charge is -2.34. The summed E-state index contributed by atoms with van der Waals surface area (Å²) in [5.74, 6) is 1.81. The lowest BCUT2D eigenvalue weighted by atomic mass is 10.3. The topological polar surface area (TPSA) is 68.7 Å². The fraction of sp³-hybridized carbons (Fsp3) is 0.688. The van der Waals surface area contributed by atoms with Crippen LogP contribution in [0.3, 0.4) is 0 Å². The molecule has 0 aromatic carbocycles. The van der Waals surface area contributed by atoms with Crippen molar-refractivity contribution in [2.45, 2.75) is 25.8 Å². The van der Waals surface area contributed by atoms with Crippen molar-refractivity contribution in [3.05, 3.63) is 18.5 Å². The minimum atomic E-state index is 0.641. The van der Waals surface area contributed by atoms with E-state index in [0.29, 0.717) is 6.04 Å². The van der Waals surface area contributed by atoms with Gasteiger partial charge in [-0.3, -0.25) is 9.89 Å². The quantitative estimate of drug-likeness (QED) is 0.582. The monoisotopic (exact) mass is 317 g/mol. The van der Waals surface area contributed by atoms with Gasteiger partial charge in [-0.15, -0.1) is 0 Å². The molecule has 0 atom stereocenters. The van der Waals surface area contributed by atoms with Crippen LogP contribution in [0.2, 0.25) is 0 Å². The molecular weight excluding hydrogens is 290 g/mol. The molecule has 1 aromatic heterocycles. The van der Waals surface area contributed by atoms with E-state index in [1.165, 1.54) is 12.8 Å². The molecule has 0 spiro atoms. The molecule has 0 amide bonds. The maximum atomic E-state index is 4.68. The maximum absolute atomic E-state index is 4.68. The molecule has 0 radical (unpaired) electrons. The van der Waals surface area contributed by atoms with E-state index in [1.807, 2.05) is 6.07 Å². The van der Waals surface area contributed by atoms with Gasteiger partial charge < -0.3 is 15.5 Å². The van der Waals surface area contributed by atoms with Crippen molar-refractivity contribution in [1.82, 2.24) is 25.5 Å². The summed E-state index contributed by atoms with van der Waals surface area (Å²) in [5.41, 5.74) is 0. The van der Waals surface area contributed by atoms with Gasteiger partial charge in [0.2, 0.25) is 5.95 Å². The van der Waals surface area contributed by atoms with E-state index in [2.05, 4.69) is 42.3 Å². The minimum Gasteiger partial charge on any atom is -0.357 e. The van der Waals surface area contributed by atoms with Crippen molar-refractivity contribution in [2.24, 2.45) is 4.99 Å². The van der Waals surface area contributed by atoms with Gasteiger partial charge in [0.15, 0.2) is 5.96 Å². The molecular formula is C16H27N7. The van der Waals surface area contributed by atoms with Gasteiger partial charge in [0.1, 0.15) is 0 Å². The molecule has 2 aliphatic rings. The second-order valence-electron chi connectivity index (χ2n) is 6.06. The van der Waals surface area contributed by atoms with E-state index >= 15 is 0 Å². The lowest BCUT2D eigenvalue weighted by molar-refractivity contribution is 0.263. The molecule has 7 heteroatoms. The van der Waals surface area contributed by atoms with Gasteiger partial charge in [-0.2, -0.15) is 0 Å². The molecule has 126 valence electrons. The van der Waals surface area contributed by atoms with Crippen LogP contribution < -0.4 is 15.5 Å². The molecule has 23 heavy (non-hydrogen) atoms. The summed E-state index contributed by atoms with van der Waals surface area (Å²) in [4.78, 5) is 18.0. The van der Waals surface area contributed by atoms with E-state index in [-0.39, 0.29) is 0 Å². The molecule has 1 saturated heterocycles. The Bertz CT molecular complexity index is 492. The third-order valence-electron chi connectivity index (χ3n) is 4.16. The van der Waals surface area contributed by atoms with Crippen LogP contribution in [0.5, 0.6) is 0 Å². The zero-order valence-corrected chi connectivity index (χ0v) is 13.9. The van der Waals surface area contributed by atoms with Crippen molar-refractivity contribution in [1.29, 1.82) is 0 Å². The van der Waals surface area contributed by atoms with Gasteiger partial charge in [-0.25, -0.2) is 9.97 Å². The first-order chi connectivity index (χ1) is 11.3. The molecule has 2 heterocycles. The number of aromatic nitrogens is 2. The molecule has 7 nitrogen and oxygen atoms in total. The Labute approximate surface area is 138 Å². The SMILES string of the molecule is CCNC(=NCCN1CCN(c2ncccn2)CC1)NC1CC1. The first-order valence-corrected chi connectivity index (χ1v) is 8.64. The highest BCUT2D eigenvalue weighted by Gasteiger charge is 2.22. The molecule has 2 fully saturated rings. The van der Waals surface area contributed by atoms with Crippen LogP contribution in [0.1, 0.15) is 19.8 Å². The second kappa shape index (κ2) is 8.10. The smallest absolute Gasteiger partial charge is 0.225 e. The Morgan fingerprint density at radius 1 is 1.22 bits per heavy atom. The number of hydrogen-bond donors (Lipinski definition) is 2. The average Bonchev–Trinajstić information content (AvgIpc) is 3.40. The van der Waals surface area contributed by atoms with Crippen LogP contribution in [0.4, 0.5) is 5.95 Å². The van der Waals surface area contributed by atoms with E-state index in [1.54, 1.807) is 12.4 Å². The number of hydrogen-bond acceptors (Lipinski definition) is 5. The summed E-state index contributed by atoms with van der Waals surface area (Å²) in [6, 6.07) is 2.50. The molecule has 1 aliphatic carbocycles. The minimum absolute atomic E-state index is 0.641. The summed E-state index contributed by atoms with van der Waals surface area (Å²) in [6.07, 6.45) is 6.15. The standard InChI is InChI=1S/C16H27N7/c1-2-17-15(21-14-4-5-14)18-8-9-22-10-12-23(13-11-22)16-19-6-3-7-20-16/h3,6-7,14H,2,4-5,8-13H2,1H3,(H2,17,18,21). The fourth-order valence-corrected chi connectivity index (χ4v) is 2.67. The van der Waals surface area contributed by atoms with Gasteiger partial charge in [0.05, 0.1) is 6.54 Å². The van der Waals surface area contributed by atoms with E-state index in [9.17, 15) is 0 Å². The molecule has 3 rings (SSSR count). The van der Waals surface area contributed by atoms with Gasteiger partial charge in [-0.05, 0) is 25.8 Å². The summed E-state index contributed by atoms with van der Waals surface area (Å²) in [5, 5.41) is 6.77. The Morgan fingerprint density at radius 2 is 1.96 bits per heavy atom. The van der Waals surface area contributed by atoms with Gasteiger partial charge in [-0.1, -0.05) is 0 Å². The van der Waals surface area contributed by atoms with Crippen LogP contribution in [0, 0.1) is 0 Å². The van der Waals surface area contributed by atoms with Crippen molar-refractivity contribution in [3.8, 4) is 0 Å². The first-order valence-electron chi connectivity index (χ1n) is 8.64.